The van der Waals surface area contributed by atoms with E-state index in [-0.39, 0.29) is 17.5 Å². The van der Waals surface area contributed by atoms with Crippen LogP contribution >= 0.6 is 10.6 Å². The van der Waals surface area contributed by atoms with Gasteiger partial charge in [-0.05, 0) is 31.0 Å². The number of phenols is 1. The van der Waals surface area contributed by atoms with Gasteiger partial charge in [0.1, 0.15) is 17.1 Å². The van der Waals surface area contributed by atoms with Crippen LogP contribution < -0.4 is 5.32 Å². The second kappa shape index (κ2) is 7.70. The maximum Gasteiger partial charge on any atom is 0.433 e. The molecule has 4 N–H and O–H groups in total. The van der Waals surface area contributed by atoms with Crippen molar-refractivity contribution in [3.05, 3.63) is 47.9 Å². The molecule has 0 aliphatic carbocycles. The third kappa shape index (κ3) is 4.60. The van der Waals surface area contributed by atoms with Crippen molar-refractivity contribution >= 4 is 33.1 Å². The van der Waals surface area contributed by atoms with Gasteiger partial charge in [-0.1, -0.05) is 6.07 Å². The van der Waals surface area contributed by atoms with Crippen LogP contribution in [0.15, 0.2) is 36.5 Å². The zero-order chi connectivity index (χ0) is 22.4. The van der Waals surface area contributed by atoms with Crippen molar-refractivity contribution in [3.63, 3.8) is 0 Å². The molecule has 0 unspecified atom stereocenters. The summed E-state index contributed by atoms with van der Waals surface area (Å²) in [6.45, 7) is 0. The van der Waals surface area contributed by atoms with Gasteiger partial charge >= 0.3 is 6.18 Å². The van der Waals surface area contributed by atoms with Crippen molar-refractivity contribution in [1.29, 1.82) is 0 Å². The molecule has 1 aromatic carbocycles. The second-order valence-electron chi connectivity index (χ2n) is 7.34. The molecule has 0 radical (unpaired) electrons. The maximum absolute atomic E-state index is 12.8. The highest BCUT2D eigenvalue weighted by atomic mass is 32.3. The van der Waals surface area contributed by atoms with Gasteiger partial charge in [0.25, 0.3) is 5.91 Å². The van der Waals surface area contributed by atoms with E-state index >= 15 is 0 Å². The summed E-state index contributed by atoms with van der Waals surface area (Å²) in [6.07, 6.45) is -1.87. The number of aromatic nitrogens is 3. The topological polar surface area (TPSA) is 121 Å². The number of carbonyl (C=O) groups is 1. The maximum atomic E-state index is 12.8. The summed E-state index contributed by atoms with van der Waals surface area (Å²) in [4.78, 5) is 15.7. The number of anilines is 1. The molecular formula is C19H19F3N4O4S. The van der Waals surface area contributed by atoms with Crippen LogP contribution in [0, 0.1) is 0 Å². The summed E-state index contributed by atoms with van der Waals surface area (Å²) in [5.41, 5.74) is -1.16. The van der Waals surface area contributed by atoms with Crippen LogP contribution in [-0.2, 0) is 6.18 Å². The molecular weight excluding hydrogens is 437 g/mol. The number of halogens is 3. The largest absolute Gasteiger partial charge is 0.506 e. The second-order valence-corrected chi connectivity index (χ2v) is 9.76. The van der Waals surface area contributed by atoms with Gasteiger partial charge in [-0.3, -0.25) is 18.6 Å². The number of rotatable bonds is 3. The molecule has 31 heavy (non-hydrogen) atoms. The molecule has 1 amide bonds. The van der Waals surface area contributed by atoms with Gasteiger partial charge < -0.3 is 10.4 Å². The first-order valence-electron chi connectivity index (χ1n) is 9.33. The third-order valence-corrected chi connectivity index (χ3v) is 6.87. The Morgan fingerprint density at radius 1 is 1.19 bits per heavy atom. The summed E-state index contributed by atoms with van der Waals surface area (Å²) in [5, 5.41) is 17.6. The molecule has 166 valence electrons. The summed E-state index contributed by atoms with van der Waals surface area (Å²) in [5.74, 6) is -0.601. The van der Waals surface area contributed by atoms with Gasteiger partial charge in [0.05, 0.1) is 17.2 Å². The Labute approximate surface area is 176 Å². The number of nitrogens with one attached hydrogen (secondary N) is 1. The molecule has 1 fully saturated rings. The molecule has 4 rings (SSSR count). The summed E-state index contributed by atoms with van der Waals surface area (Å²) < 4.78 is 59.7. The fourth-order valence-corrected chi connectivity index (χ4v) is 4.94. The lowest BCUT2D eigenvalue weighted by atomic mass is 10.1. The van der Waals surface area contributed by atoms with Crippen molar-refractivity contribution in [2.24, 2.45) is 0 Å². The van der Waals surface area contributed by atoms with E-state index in [2.05, 4.69) is 15.4 Å². The Morgan fingerprint density at radius 3 is 2.58 bits per heavy atom. The average molecular weight is 456 g/mol. The monoisotopic (exact) mass is 456 g/mol. The minimum atomic E-state index is -4.68. The molecule has 0 atom stereocenters. The van der Waals surface area contributed by atoms with Crippen LogP contribution in [0.2, 0.25) is 0 Å². The molecule has 1 saturated heterocycles. The zero-order valence-corrected chi connectivity index (χ0v) is 16.8. The van der Waals surface area contributed by atoms with E-state index in [0.29, 0.717) is 35.3 Å². The molecule has 3 aromatic rings. The smallest absolute Gasteiger partial charge is 0.433 e. The SMILES string of the molecule is O=C(Nc1cc2cn(C3CCS(O)(O)CC3)nc2cc1O)c1cccc(C(F)(F)F)n1. The number of pyridine rings is 1. The van der Waals surface area contributed by atoms with Crippen molar-refractivity contribution < 1.29 is 32.2 Å². The predicted octanol–water partition coefficient (Wildman–Crippen LogP) is 4.49. The number of carbonyl (C=O) groups excluding carboxylic acids is 1. The lowest BCUT2D eigenvalue weighted by Crippen LogP contribution is -2.23. The number of hydrogen-bond donors (Lipinski definition) is 4. The van der Waals surface area contributed by atoms with Gasteiger partial charge in [0.2, 0.25) is 0 Å². The van der Waals surface area contributed by atoms with Crippen molar-refractivity contribution in [2.45, 2.75) is 25.1 Å². The lowest BCUT2D eigenvalue weighted by Gasteiger charge is -2.39. The molecule has 0 saturated carbocycles. The van der Waals surface area contributed by atoms with E-state index in [9.17, 15) is 32.2 Å². The van der Waals surface area contributed by atoms with E-state index in [4.69, 9.17) is 0 Å². The normalized spacial score (nSPS) is 18.1. The minimum Gasteiger partial charge on any atom is -0.506 e. The van der Waals surface area contributed by atoms with Gasteiger partial charge in [0.15, 0.2) is 0 Å². The number of amides is 1. The first-order chi connectivity index (χ1) is 14.5. The molecule has 1 aliphatic heterocycles. The Bertz CT molecular complexity index is 1140. The van der Waals surface area contributed by atoms with E-state index in [0.717, 1.165) is 18.2 Å². The molecule has 12 heteroatoms. The van der Waals surface area contributed by atoms with E-state index in [1.165, 1.54) is 12.1 Å². The number of alkyl halides is 3. The number of aromatic hydroxyl groups is 1. The molecule has 2 aromatic heterocycles. The third-order valence-electron chi connectivity index (χ3n) is 5.09. The lowest BCUT2D eigenvalue weighted by molar-refractivity contribution is -0.141. The zero-order valence-electron chi connectivity index (χ0n) is 16.0. The summed E-state index contributed by atoms with van der Waals surface area (Å²) in [7, 11) is -2.52. The number of benzene rings is 1. The Kier molecular flexibility index (Phi) is 5.31. The van der Waals surface area contributed by atoms with Gasteiger partial charge in [0, 0.05) is 29.2 Å². The van der Waals surface area contributed by atoms with Crippen LogP contribution in [0.3, 0.4) is 0 Å². The van der Waals surface area contributed by atoms with Crippen molar-refractivity contribution in [2.75, 3.05) is 16.8 Å². The van der Waals surface area contributed by atoms with Crippen LogP contribution in [-0.4, -0.2) is 46.4 Å². The molecule has 0 bridgehead atoms. The fourth-order valence-electron chi connectivity index (χ4n) is 3.43. The first kappa shape index (κ1) is 21.4. The Hall–Kier alpha value is -2.83. The van der Waals surface area contributed by atoms with E-state index in [1.807, 2.05) is 0 Å². The van der Waals surface area contributed by atoms with Crippen LogP contribution in [0.25, 0.3) is 10.9 Å². The van der Waals surface area contributed by atoms with Crippen LogP contribution in [0.1, 0.15) is 35.1 Å². The number of phenolic OH excluding ortho intramolecular Hbond substituents is 1. The quantitative estimate of drug-likeness (QED) is 0.431. The van der Waals surface area contributed by atoms with E-state index in [1.54, 1.807) is 10.9 Å². The average Bonchev–Trinajstić information content (AvgIpc) is 3.10. The highest BCUT2D eigenvalue weighted by Crippen LogP contribution is 2.47. The highest BCUT2D eigenvalue weighted by molar-refractivity contribution is 8.24. The molecule has 3 heterocycles. The van der Waals surface area contributed by atoms with Crippen LogP contribution in [0.4, 0.5) is 18.9 Å². The molecule has 0 spiro atoms. The van der Waals surface area contributed by atoms with E-state index < -0.39 is 34.1 Å². The Morgan fingerprint density at radius 2 is 1.90 bits per heavy atom. The van der Waals surface area contributed by atoms with Crippen LogP contribution in [0.5, 0.6) is 5.75 Å². The van der Waals surface area contributed by atoms with Gasteiger partial charge in [-0.15, -0.1) is 0 Å². The minimum absolute atomic E-state index is 0.00841. The van der Waals surface area contributed by atoms with Crippen molar-refractivity contribution in [3.8, 4) is 5.75 Å². The summed E-state index contributed by atoms with van der Waals surface area (Å²) in [6, 6.07) is 5.77. The van der Waals surface area contributed by atoms with Gasteiger partial charge in [-0.2, -0.15) is 28.9 Å². The number of fused-ring (bicyclic) bond motifs is 1. The van der Waals surface area contributed by atoms with Gasteiger partial charge in [-0.25, -0.2) is 4.98 Å². The highest BCUT2D eigenvalue weighted by Gasteiger charge is 2.33. The number of hydrogen-bond acceptors (Lipinski definition) is 6. The molecule has 8 nitrogen and oxygen atoms in total. The standard InChI is InChI=1S/C19H19F3N4O4S/c20-19(21,22)17-3-1-2-13(23-17)18(28)24-15-8-11-10-26(25-14(11)9-16(15)27)12-4-6-31(29,30)7-5-12/h1-3,8-10,12,27,29-30H,4-7H2,(H,24,28). The van der Waals surface area contributed by atoms with Crippen molar-refractivity contribution in [1.82, 2.24) is 14.8 Å². The Balaban J connectivity index is 1.56. The predicted molar refractivity (Wildman–Crippen MR) is 109 cm³/mol. The fraction of sp³-hybridized carbons (Fsp3) is 0.316. The molecule has 1 aliphatic rings. The first-order valence-corrected chi connectivity index (χ1v) is 11.2. The summed E-state index contributed by atoms with van der Waals surface area (Å²) >= 11 is 0. The number of nitrogens with zero attached hydrogens (tertiary/aromatic N) is 3.